The second-order valence-electron chi connectivity index (χ2n) is 4.88. The number of benzene rings is 2. The number of nitriles is 4. The van der Waals surface area contributed by atoms with Crippen LogP contribution in [0.15, 0.2) is 0 Å². The highest BCUT2D eigenvalue weighted by Crippen LogP contribution is 2.20. The molecule has 0 aliphatic heterocycles. The summed E-state index contributed by atoms with van der Waals surface area (Å²) in [5, 5.41) is 34.2. The molecule has 2 aromatic carbocycles. The van der Waals surface area contributed by atoms with Crippen molar-refractivity contribution in [3.8, 4) is 24.3 Å². The number of hydrogen-bond donors (Lipinski definition) is 0. The SMILES string of the molecule is N#CC(C#N)=c1c(P)c(P)c2c(P)c(=C(C#N)C#N)c(F)c(F)c2c1F. The zero-order valence-corrected chi connectivity index (χ0v) is 16.1. The molecule has 0 amide bonds. The van der Waals surface area contributed by atoms with Crippen LogP contribution in [0.2, 0.25) is 0 Å². The fraction of sp³-hybridized carbons (Fsp3) is 0. The lowest BCUT2D eigenvalue weighted by Crippen LogP contribution is -2.39. The van der Waals surface area contributed by atoms with Crippen molar-refractivity contribution in [2.75, 3.05) is 0 Å². The Kier molecular flexibility index (Phi) is 5.62. The fourth-order valence-electron chi connectivity index (χ4n) is 2.47. The summed E-state index contributed by atoms with van der Waals surface area (Å²) in [6.45, 7) is 0. The summed E-state index contributed by atoms with van der Waals surface area (Å²) in [6, 6.07) is 5.99. The maximum absolute atomic E-state index is 15.0. The van der Waals surface area contributed by atoms with Crippen molar-refractivity contribution in [3.63, 3.8) is 0 Å². The summed E-state index contributed by atoms with van der Waals surface area (Å²) in [4.78, 5) is 0. The van der Waals surface area contributed by atoms with Gasteiger partial charge in [-0.25, -0.2) is 13.2 Å². The van der Waals surface area contributed by atoms with Gasteiger partial charge in [0.15, 0.2) is 11.6 Å². The van der Waals surface area contributed by atoms with E-state index in [9.17, 15) is 13.2 Å². The van der Waals surface area contributed by atoms with Crippen molar-refractivity contribution >= 4 is 65.6 Å². The minimum absolute atomic E-state index is 0.0780. The van der Waals surface area contributed by atoms with Gasteiger partial charge in [-0.05, 0) is 15.9 Å². The average Bonchev–Trinajstić information content (AvgIpc) is 2.63. The maximum atomic E-state index is 15.0. The lowest BCUT2D eigenvalue weighted by molar-refractivity contribution is 0.507. The molecule has 0 fully saturated rings. The molecule has 0 aliphatic carbocycles. The molecular formula is C16H6F3N4P3. The Bertz CT molecular complexity index is 1160. The zero-order chi connectivity index (χ0) is 19.8. The van der Waals surface area contributed by atoms with E-state index in [4.69, 9.17) is 21.0 Å². The summed E-state index contributed by atoms with van der Waals surface area (Å²) >= 11 is 0. The van der Waals surface area contributed by atoms with Crippen molar-refractivity contribution < 1.29 is 13.2 Å². The Morgan fingerprint density at radius 1 is 0.577 bits per heavy atom. The quantitative estimate of drug-likeness (QED) is 0.585. The number of fused-ring (bicyclic) bond motifs is 1. The molecule has 2 rings (SSSR count). The summed E-state index contributed by atoms with van der Waals surface area (Å²) in [5.74, 6) is -4.47. The van der Waals surface area contributed by atoms with Gasteiger partial charge in [-0.15, -0.1) is 27.7 Å². The summed E-state index contributed by atoms with van der Waals surface area (Å²) < 4.78 is 44.1. The Balaban J connectivity index is 3.48. The van der Waals surface area contributed by atoms with E-state index in [1.807, 2.05) is 0 Å². The third-order valence-electron chi connectivity index (χ3n) is 3.64. The molecule has 0 aliphatic rings. The van der Waals surface area contributed by atoms with E-state index in [1.54, 1.807) is 0 Å². The van der Waals surface area contributed by atoms with Crippen LogP contribution in [-0.4, -0.2) is 0 Å². The summed E-state index contributed by atoms with van der Waals surface area (Å²) in [6.07, 6.45) is 0. The molecular weight excluding hydrogens is 398 g/mol. The molecule has 0 heterocycles. The highest BCUT2D eigenvalue weighted by Gasteiger charge is 2.24. The molecule has 4 nitrogen and oxygen atoms in total. The van der Waals surface area contributed by atoms with Gasteiger partial charge in [-0.3, -0.25) is 0 Å². The van der Waals surface area contributed by atoms with Gasteiger partial charge in [-0.1, -0.05) is 0 Å². The minimum Gasteiger partial charge on any atom is -0.205 e. The van der Waals surface area contributed by atoms with Gasteiger partial charge >= 0.3 is 0 Å². The van der Waals surface area contributed by atoms with Crippen molar-refractivity contribution in [1.29, 1.82) is 21.0 Å². The molecule has 0 spiro atoms. The molecule has 3 atom stereocenters. The van der Waals surface area contributed by atoms with E-state index < -0.39 is 44.4 Å². The molecule has 10 heteroatoms. The Morgan fingerprint density at radius 3 is 1.42 bits per heavy atom. The van der Waals surface area contributed by atoms with Crippen molar-refractivity contribution in [2.24, 2.45) is 0 Å². The molecule has 2 aromatic rings. The standard InChI is InChI=1S/C16H6F3N4P3/c17-11-7(5(1-20)2-21)15(25)16(26)10-9(11)13(19)12(18)8(14(10)24)6(3-22)4-23/h24-26H2. The largest absolute Gasteiger partial charge is 0.205 e. The first kappa shape index (κ1) is 19.8. The minimum atomic E-state index is -1.62. The van der Waals surface area contributed by atoms with E-state index in [1.165, 1.54) is 24.3 Å². The first-order valence-electron chi connectivity index (χ1n) is 6.58. The van der Waals surface area contributed by atoms with Crippen LogP contribution in [0.3, 0.4) is 0 Å². The van der Waals surface area contributed by atoms with E-state index in [0.29, 0.717) is 0 Å². The van der Waals surface area contributed by atoms with Crippen LogP contribution in [0.4, 0.5) is 13.2 Å². The first-order valence-corrected chi connectivity index (χ1v) is 8.31. The van der Waals surface area contributed by atoms with Gasteiger partial charge in [0.05, 0.1) is 5.39 Å². The van der Waals surface area contributed by atoms with Crippen molar-refractivity contribution in [1.82, 2.24) is 0 Å². The van der Waals surface area contributed by atoms with Crippen LogP contribution in [-0.2, 0) is 0 Å². The molecule has 0 saturated carbocycles. The van der Waals surface area contributed by atoms with Gasteiger partial charge in [0, 0.05) is 15.8 Å². The number of rotatable bonds is 0. The normalized spacial score (nSPS) is 9.77. The second-order valence-corrected chi connectivity index (χ2v) is 6.61. The monoisotopic (exact) mass is 404 g/mol. The smallest absolute Gasteiger partial charge is 0.170 e. The predicted molar refractivity (Wildman–Crippen MR) is 100 cm³/mol. The van der Waals surface area contributed by atoms with Crippen LogP contribution in [0.1, 0.15) is 0 Å². The highest BCUT2D eigenvalue weighted by atomic mass is 31.0. The molecule has 26 heavy (non-hydrogen) atoms. The predicted octanol–water partition coefficient (Wildman–Crippen LogP) is 0.154. The molecule has 0 radical (unpaired) electrons. The van der Waals surface area contributed by atoms with Gasteiger partial charge < -0.3 is 0 Å². The molecule has 126 valence electrons. The van der Waals surface area contributed by atoms with Crippen LogP contribution >= 0.6 is 27.7 Å². The molecule has 0 aromatic heterocycles. The average molecular weight is 404 g/mol. The number of halogens is 3. The van der Waals surface area contributed by atoms with Gasteiger partial charge in [0.1, 0.15) is 41.2 Å². The third kappa shape index (κ3) is 2.73. The van der Waals surface area contributed by atoms with Crippen molar-refractivity contribution in [3.05, 3.63) is 27.9 Å². The van der Waals surface area contributed by atoms with Gasteiger partial charge in [0.25, 0.3) is 0 Å². The fourth-order valence-corrected chi connectivity index (χ4v) is 4.07. The maximum Gasteiger partial charge on any atom is 0.170 e. The second kappa shape index (κ2) is 7.38. The third-order valence-corrected chi connectivity index (χ3v) is 5.75. The highest BCUT2D eigenvalue weighted by molar-refractivity contribution is 7.37. The van der Waals surface area contributed by atoms with E-state index in [2.05, 4.69) is 27.7 Å². The Labute approximate surface area is 152 Å². The number of hydrogen-bond acceptors (Lipinski definition) is 4. The van der Waals surface area contributed by atoms with Crippen LogP contribution in [0.25, 0.3) is 21.9 Å². The van der Waals surface area contributed by atoms with Crippen LogP contribution < -0.4 is 26.4 Å². The summed E-state index contributed by atoms with van der Waals surface area (Å²) in [5.41, 5.74) is -1.28. The Morgan fingerprint density at radius 2 is 1.00 bits per heavy atom. The molecule has 3 unspecified atom stereocenters. The summed E-state index contributed by atoms with van der Waals surface area (Å²) in [7, 11) is 6.43. The van der Waals surface area contributed by atoms with Crippen LogP contribution in [0.5, 0.6) is 0 Å². The van der Waals surface area contributed by atoms with Gasteiger partial charge in [0.2, 0.25) is 0 Å². The van der Waals surface area contributed by atoms with E-state index in [-0.39, 0.29) is 21.3 Å². The lowest BCUT2D eigenvalue weighted by atomic mass is 10.0. The number of nitrogens with zero attached hydrogens (tertiary/aromatic N) is 4. The zero-order valence-electron chi connectivity index (χ0n) is 12.7. The van der Waals surface area contributed by atoms with Crippen LogP contribution in [0, 0.1) is 62.8 Å². The molecule has 0 N–H and O–H groups in total. The van der Waals surface area contributed by atoms with Gasteiger partial charge in [-0.2, -0.15) is 21.0 Å². The molecule has 0 saturated heterocycles. The Hall–Kier alpha value is -2.52. The first-order chi connectivity index (χ1) is 12.3. The van der Waals surface area contributed by atoms with E-state index in [0.717, 1.165) is 0 Å². The molecule has 0 bridgehead atoms. The topological polar surface area (TPSA) is 95.2 Å². The lowest BCUT2D eigenvalue weighted by Gasteiger charge is -2.14. The van der Waals surface area contributed by atoms with E-state index >= 15 is 0 Å². The van der Waals surface area contributed by atoms with Crippen molar-refractivity contribution in [2.45, 2.75) is 0 Å².